The fraction of sp³-hybridized carbons (Fsp3) is 0.125. The van der Waals surface area contributed by atoms with Gasteiger partial charge in [0.05, 0.1) is 12.6 Å². The van der Waals surface area contributed by atoms with E-state index in [2.05, 4.69) is 9.97 Å². The van der Waals surface area contributed by atoms with Crippen molar-refractivity contribution in [3.63, 3.8) is 0 Å². The van der Waals surface area contributed by atoms with Crippen LogP contribution in [0, 0.1) is 12.7 Å². The maximum absolute atomic E-state index is 13.8. The number of nitrogens with zero attached hydrogens (tertiary/aromatic N) is 2. The number of ether oxygens (including phenoxy) is 1. The standard InChI is InChI=1S/C16H14FN3O/c1-9-4-3-5-12-14(9)15(18)20-16(19-12)10-6-7-13(21-2)11(17)8-10/h3-8H,1-2H3,(H2,18,19,20). The van der Waals surface area contributed by atoms with Gasteiger partial charge in [0.25, 0.3) is 0 Å². The summed E-state index contributed by atoms with van der Waals surface area (Å²) in [5, 5.41) is 0.829. The van der Waals surface area contributed by atoms with Crippen LogP contribution in [0.3, 0.4) is 0 Å². The Balaban J connectivity index is 2.19. The van der Waals surface area contributed by atoms with E-state index in [4.69, 9.17) is 10.5 Å². The Kier molecular flexibility index (Phi) is 3.17. The quantitative estimate of drug-likeness (QED) is 0.783. The zero-order valence-corrected chi connectivity index (χ0v) is 11.7. The minimum atomic E-state index is -0.457. The van der Waals surface area contributed by atoms with Gasteiger partial charge >= 0.3 is 0 Å². The molecular weight excluding hydrogens is 269 g/mol. The lowest BCUT2D eigenvalue weighted by Crippen LogP contribution is -1.99. The van der Waals surface area contributed by atoms with Crippen LogP contribution in [0.1, 0.15) is 5.56 Å². The Morgan fingerprint density at radius 3 is 2.67 bits per heavy atom. The highest BCUT2D eigenvalue weighted by Crippen LogP contribution is 2.27. The second-order valence-corrected chi connectivity index (χ2v) is 4.75. The minimum absolute atomic E-state index is 0.184. The summed E-state index contributed by atoms with van der Waals surface area (Å²) < 4.78 is 18.7. The van der Waals surface area contributed by atoms with E-state index in [-0.39, 0.29) is 5.75 Å². The maximum atomic E-state index is 13.8. The first kappa shape index (κ1) is 13.3. The summed E-state index contributed by atoms with van der Waals surface area (Å²) in [6.07, 6.45) is 0. The average Bonchev–Trinajstić information content (AvgIpc) is 2.46. The van der Waals surface area contributed by atoms with E-state index >= 15 is 0 Å². The van der Waals surface area contributed by atoms with Crippen molar-refractivity contribution in [1.29, 1.82) is 0 Å². The molecule has 0 unspecified atom stereocenters. The molecule has 3 aromatic rings. The summed E-state index contributed by atoms with van der Waals surface area (Å²) in [6.45, 7) is 1.95. The lowest BCUT2D eigenvalue weighted by Gasteiger charge is -2.08. The summed E-state index contributed by atoms with van der Waals surface area (Å²) in [4.78, 5) is 8.75. The minimum Gasteiger partial charge on any atom is -0.494 e. The predicted molar refractivity (Wildman–Crippen MR) is 80.6 cm³/mol. The molecule has 106 valence electrons. The van der Waals surface area contributed by atoms with Crippen LogP contribution in [-0.4, -0.2) is 17.1 Å². The molecule has 0 atom stereocenters. The normalized spacial score (nSPS) is 10.8. The molecule has 21 heavy (non-hydrogen) atoms. The van der Waals surface area contributed by atoms with Gasteiger partial charge in [0.1, 0.15) is 5.82 Å². The third-order valence-electron chi connectivity index (χ3n) is 3.37. The fourth-order valence-electron chi connectivity index (χ4n) is 2.32. The van der Waals surface area contributed by atoms with E-state index in [9.17, 15) is 4.39 Å². The van der Waals surface area contributed by atoms with Gasteiger partial charge in [0.2, 0.25) is 0 Å². The second kappa shape index (κ2) is 5.01. The number of nitrogen functional groups attached to an aromatic ring is 1. The van der Waals surface area contributed by atoms with Crippen LogP contribution in [-0.2, 0) is 0 Å². The maximum Gasteiger partial charge on any atom is 0.165 e. The molecule has 2 aromatic carbocycles. The summed E-state index contributed by atoms with van der Waals surface area (Å²) >= 11 is 0. The molecule has 0 aliphatic rings. The van der Waals surface area contributed by atoms with Gasteiger partial charge in [-0.05, 0) is 36.8 Å². The number of nitrogens with two attached hydrogens (primary N) is 1. The predicted octanol–water partition coefficient (Wildman–Crippen LogP) is 3.34. The molecule has 0 aliphatic heterocycles. The first-order valence-electron chi connectivity index (χ1n) is 6.47. The first-order chi connectivity index (χ1) is 10.1. The third kappa shape index (κ3) is 2.27. The van der Waals surface area contributed by atoms with E-state index in [1.54, 1.807) is 12.1 Å². The van der Waals surface area contributed by atoms with Gasteiger partial charge in [-0.15, -0.1) is 0 Å². The summed E-state index contributed by atoms with van der Waals surface area (Å²) in [5.41, 5.74) is 8.33. The van der Waals surface area contributed by atoms with Crippen LogP contribution >= 0.6 is 0 Å². The van der Waals surface area contributed by atoms with Crippen molar-refractivity contribution in [3.8, 4) is 17.1 Å². The van der Waals surface area contributed by atoms with Gasteiger partial charge in [0, 0.05) is 10.9 Å². The number of methoxy groups -OCH3 is 1. The number of aryl methyl sites for hydroxylation is 1. The summed E-state index contributed by atoms with van der Waals surface area (Å²) in [7, 11) is 1.42. The Labute approximate surface area is 121 Å². The van der Waals surface area contributed by atoms with E-state index in [0.29, 0.717) is 17.2 Å². The highest BCUT2D eigenvalue weighted by atomic mass is 19.1. The summed E-state index contributed by atoms with van der Waals surface area (Å²) in [5.74, 6) is 0.515. The summed E-state index contributed by atoms with van der Waals surface area (Å²) in [6, 6.07) is 10.3. The lowest BCUT2D eigenvalue weighted by molar-refractivity contribution is 0.386. The van der Waals surface area contributed by atoms with Gasteiger partial charge in [0.15, 0.2) is 17.4 Å². The monoisotopic (exact) mass is 283 g/mol. The van der Waals surface area contributed by atoms with E-state index in [0.717, 1.165) is 16.5 Å². The molecule has 4 nitrogen and oxygen atoms in total. The van der Waals surface area contributed by atoms with Gasteiger partial charge in [-0.3, -0.25) is 0 Å². The van der Waals surface area contributed by atoms with Crippen molar-refractivity contribution >= 4 is 16.7 Å². The number of halogens is 1. The fourth-order valence-corrected chi connectivity index (χ4v) is 2.32. The van der Waals surface area contributed by atoms with E-state index < -0.39 is 5.82 Å². The van der Waals surface area contributed by atoms with Crippen LogP contribution in [0.15, 0.2) is 36.4 Å². The number of benzene rings is 2. The van der Waals surface area contributed by atoms with Crippen LogP contribution in [0.25, 0.3) is 22.3 Å². The Hall–Kier alpha value is -2.69. The van der Waals surface area contributed by atoms with Crippen molar-refractivity contribution in [1.82, 2.24) is 9.97 Å². The molecule has 0 spiro atoms. The van der Waals surface area contributed by atoms with Crippen molar-refractivity contribution < 1.29 is 9.13 Å². The number of rotatable bonds is 2. The molecule has 0 saturated heterocycles. The molecule has 0 fully saturated rings. The Morgan fingerprint density at radius 2 is 1.95 bits per heavy atom. The van der Waals surface area contributed by atoms with Gasteiger partial charge in [-0.1, -0.05) is 12.1 Å². The Morgan fingerprint density at radius 1 is 1.14 bits per heavy atom. The molecule has 1 aromatic heterocycles. The van der Waals surface area contributed by atoms with Gasteiger partial charge < -0.3 is 10.5 Å². The zero-order valence-electron chi connectivity index (χ0n) is 11.7. The van der Waals surface area contributed by atoms with Crippen molar-refractivity contribution in [2.45, 2.75) is 6.92 Å². The number of hydrogen-bond acceptors (Lipinski definition) is 4. The number of hydrogen-bond donors (Lipinski definition) is 1. The van der Waals surface area contributed by atoms with E-state index in [1.165, 1.54) is 13.2 Å². The third-order valence-corrected chi connectivity index (χ3v) is 3.37. The van der Waals surface area contributed by atoms with Crippen LogP contribution in [0.2, 0.25) is 0 Å². The van der Waals surface area contributed by atoms with Crippen molar-refractivity contribution in [2.24, 2.45) is 0 Å². The van der Waals surface area contributed by atoms with Crippen molar-refractivity contribution in [2.75, 3.05) is 12.8 Å². The lowest BCUT2D eigenvalue weighted by atomic mass is 10.1. The molecule has 0 radical (unpaired) electrons. The molecule has 3 rings (SSSR count). The highest BCUT2D eigenvalue weighted by molar-refractivity contribution is 5.92. The average molecular weight is 283 g/mol. The Bertz CT molecular complexity index is 833. The van der Waals surface area contributed by atoms with Gasteiger partial charge in [-0.25, -0.2) is 14.4 Å². The van der Waals surface area contributed by atoms with E-state index in [1.807, 2.05) is 25.1 Å². The first-order valence-corrected chi connectivity index (χ1v) is 6.47. The molecule has 0 aliphatic carbocycles. The SMILES string of the molecule is COc1ccc(-c2nc(N)c3c(C)cccc3n2)cc1F. The molecule has 2 N–H and O–H groups in total. The smallest absolute Gasteiger partial charge is 0.165 e. The van der Waals surface area contributed by atoms with Crippen LogP contribution in [0.4, 0.5) is 10.2 Å². The van der Waals surface area contributed by atoms with Crippen LogP contribution in [0.5, 0.6) is 5.75 Å². The van der Waals surface area contributed by atoms with Crippen LogP contribution < -0.4 is 10.5 Å². The molecule has 1 heterocycles. The zero-order chi connectivity index (χ0) is 15.0. The molecule has 0 bridgehead atoms. The molecule has 0 amide bonds. The molecular formula is C16H14FN3O. The largest absolute Gasteiger partial charge is 0.494 e. The number of anilines is 1. The molecule has 0 saturated carbocycles. The number of aromatic nitrogens is 2. The van der Waals surface area contributed by atoms with Crippen molar-refractivity contribution in [3.05, 3.63) is 47.8 Å². The molecule has 5 heteroatoms. The second-order valence-electron chi connectivity index (χ2n) is 4.75. The van der Waals surface area contributed by atoms with Gasteiger partial charge in [-0.2, -0.15) is 0 Å². The number of fused-ring (bicyclic) bond motifs is 1. The highest BCUT2D eigenvalue weighted by Gasteiger charge is 2.11. The topological polar surface area (TPSA) is 61.0 Å².